The Morgan fingerprint density at radius 3 is 2.39 bits per heavy atom. The molecule has 0 aliphatic carbocycles. The number of amides is 1. The van der Waals surface area contributed by atoms with Crippen LogP contribution in [-0.2, 0) is 16.8 Å². The highest BCUT2D eigenvalue weighted by atomic mass is 19.2. The monoisotopic (exact) mass is 435 g/mol. The van der Waals surface area contributed by atoms with Crippen LogP contribution in [0.15, 0.2) is 30.3 Å². The number of halogens is 3. The molecule has 0 fully saturated rings. The van der Waals surface area contributed by atoms with Crippen molar-refractivity contribution in [1.82, 2.24) is 0 Å². The Kier molecular flexibility index (Phi) is 8.69. The molecule has 0 radical (unpaired) electrons. The maximum absolute atomic E-state index is 14.4. The zero-order valence-corrected chi connectivity index (χ0v) is 18.7. The standard InChI is InChI=1S/C25H32F3NO2/c1-5-6-7-8-17(18-10-12-20(26)24(28)23(18)27)14-22(31)29-21-13-16(15-30)9-11-19(21)25(2,3)4/h9-13,17,30H,5-8,14-15H2,1-4H3,(H,29,31). The third kappa shape index (κ3) is 6.57. The van der Waals surface area contributed by atoms with E-state index in [1.807, 2.05) is 33.8 Å². The van der Waals surface area contributed by atoms with Gasteiger partial charge in [-0.05, 0) is 46.6 Å². The minimum absolute atomic E-state index is 0.0188. The Morgan fingerprint density at radius 1 is 1.06 bits per heavy atom. The molecule has 0 saturated heterocycles. The fourth-order valence-electron chi connectivity index (χ4n) is 3.74. The predicted octanol–water partition coefficient (Wildman–Crippen LogP) is 6.59. The molecule has 0 aliphatic rings. The number of benzene rings is 2. The summed E-state index contributed by atoms with van der Waals surface area (Å²) in [7, 11) is 0. The summed E-state index contributed by atoms with van der Waals surface area (Å²) >= 11 is 0. The van der Waals surface area contributed by atoms with Gasteiger partial charge in [0.2, 0.25) is 5.91 Å². The Morgan fingerprint density at radius 2 is 1.77 bits per heavy atom. The van der Waals surface area contributed by atoms with Crippen LogP contribution >= 0.6 is 0 Å². The van der Waals surface area contributed by atoms with Crippen LogP contribution in [0.4, 0.5) is 18.9 Å². The SMILES string of the molecule is CCCCCC(CC(=O)Nc1cc(CO)ccc1C(C)(C)C)c1ccc(F)c(F)c1F. The van der Waals surface area contributed by atoms with E-state index >= 15 is 0 Å². The summed E-state index contributed by atoms with van der Waals surface area (Å²) in [6.07, 6.45) is 3.03. The van der Waals surface area contributed by atoms with Crippen molar-refractivity contribution in [1.29, 1.82) is 0 Å². The van der Waals surface area contributed by atoms with Crippen LogP contribution in [0.5, 0.6) is 0 Å². The second kappa shape index (κ2) is 10.8. The maximum Gasteiger partial charge on any atom is 0.224 e. The number of carbonyl (C=O) groups excluding carboxylic acids is 1. The topological polar surface area (TPSA) is 49.3 Å². The number of aliphatic hydroxyl groups is 1. The molecule has 2 rings (SSSR count). The van der Waals surface area contributed by atoms with Crippen LogP contribution in [0.25, 0.3) is 0 Å². The first-order valence-electron chi connectivity index (χ1n) is 10.8. The molecule has 1 amide bonds. The van der Waals surface area contributed by atoms with Gasteiger partial charge < -0.3 is 10.4 Å². The van der Waals surface area contributed by atoms with Crippen LogP contribution in [-0.4, -0.2) is 11.0 Å². The van der Waals surface area contributed by atoms with E-state index in [0.29, 0.717) is 17.7 Å². The zero-order chi connectivity index (χ0) is 23.2. The van der Waals surface area contributed by atoms with Crippen molar-refractivity contribution in [3.05, 3.63) is 64.5 Å². The van der Waals surface area contributed by atoms with E-state index in [2.05, 4.69) is 5.32 Å². The van der Waals surface area contributed by atoms with Gasteiger partial charge >= 0.3 is 0 Å². The first-order chi connectivity index (χ1) is 14.6. The van der Waals surface area contributed by atoms with E-state index in [4.69, 9.17) is 0 Å². The van der Waals surface area contributed by atoms with Gasteiger partial charge in [0, 0.05) is 12.1 Å². The van der Waals surface area contributed by atoms with Crippen LogP contribution in [0, 0.1) is 17.5 Å². The molecule has 1 unspecified atom stereocenters. The molecule has 0 bridgehead atoms. The molecule has 1 atom stereocenters. The molecule has 0 aromatic heterocycles. The lowest BCUT2D eigenvalue weighted by Gasteiger charge is -2.24. The molecule has 170 valence electrons. The maximum atomic E-state index is 14.4. The third-order valence-electron chi connectivity index (χ3n) is 5.44. The Balaban J connectivity index is 2.30. The summed E-state index contributed by atoms with van der Waals surface area (Å²) in [6.45, 7) is 7.91. The smallest absolute Gasteiger partial charge is 0.224 e. The number of rotatable bonds is 9. The van der Waals surface area contributed by atoms with Crippen molar-refractivity contribution in [2.75, 3.05) is 5.32 Å². The second-order valence-corrected chi connectivity index (χ2v) is 9.00. The summed E-state index contributed by atoms with van der Waals surface area (Å²) in [5.74, 6) is -4.89. The van der Waals surface area contributed by atoms with Gasteiger partial charge in [-0.1, -0.05) is 65.2 Å². The zero-order valence-electron chi connectivity index (χ0n) is 18.7. The van der Waals surface area contributed by atoms with Gasteiger partial charge in [-0.3, -0.25) is 4.79 Å². The number of hydrogen-bond donors (Lipinski definition) is 2. The van der Waals surface area contributed by atoms with E-state index < -0.39 is 23.4 Å². The van der Waals surface area contributed by atoms with Crippen LogP contribution < -0.4 is 5.32 Å². The molecule has 2 aromatic rings. The Bertz CT molecular complexity index is 906. The molecule has 3 nitrogen and oxygen atoms in total. The van der Waals surface area contributed by atoms with Crippen molar-refractivity contribution in [2.45, 2.75) is 77.7 Å². The first kappa shape index (κ1) is 24.9. The van der Waals surface area contributed by atoms with Crippen LogP contribution in [0.1, 0.15) is 82.4 Å². The Hall–Kier alpha value is -2.34. The predicted molar refractivity (Wildman–Crippen MR) is 118 cm³/mol. The molecule has 0 saturated carbocycles. The lowest BCUT2D eigenvalue weighted by atomic mass is 9.85. The van der Waals surface area contributed by atoms with E-state index in [1.54, 1.807) is 12.1 Å². The average Bonchev–Trinajstić information content (AvgIpc) is 2.70. The quantitative estimate of drug-likeness (QED) is 0.345. The van der Waals surface area contributed by atoms with E-state index in [1.165, 1.54) is 6.07 Å². The molecule has 6 heteroatoms. The first-order valence-corrected chi connectivity index (χ1v) is 10.8. The lowest BCUT2D eigenvalue weighted by Crippen LogP contribution is -2.21. The van der Waals surface area contributed by atoms with Crippen molar-refractivity contribution in [3.8, 4) is 0 Å². The number of nitrogens with one attached hydrogen (secondary N) is 1. The largest absolute Gasteiger partial charge is 0.392 e. The van der Waals surface area contributed by atoms with Crippen molar-refractivity contribution < 1.29 is 23.1 Å². The molecular formula is C25H32F3NO2. The summed E-state index contributed by atoms with van der Waals surface area (Å²) in [5.41, 5.74) is 1.92. The molecule has 2 aromatic carbocycles. The van der Waals surface area contributed by atoms with Gasteiger partial charge in [-0.15, -0.1) is 0 Å². The van der Waals surface area contributed by atoms with Gasteiger partial charge in [-0.2, -0.15) is 0 Å². The van der Waals surface area contributed by atoms with Crippen molar-refractivity contribution >= 4 is 11.6 Å². The fourth-order valence-corrected chi connectivity index (χ4v) is 3.74. The third-order valence-corrected chi connectivity index (χ3v) is 5.44. The van der Waals surface area contributed by atoms with E-state index in [0.717, 1.165) is 30.9 Å². The highest BCUT2D eigenvalue weighted by molar-refractivity contribution is 5.92. The lowest BCUT2D eigenvalue weighted by molar-refractivity contribution is -0.116. The minimum Gasteiger partial charge on any atom is -0.392 e. The molecule has 0 spiro atoms. The van der Waals surface area contributed by atoms with E-state index in [-0.39, 0.29) is 29.9 Å². The Labute approximate surface area is 182 Å². The molecule has 2 N–H and O–H groups in total. The minimum atomic E-state index is -1.51. The van der Waals surface area contributed by atoms with Gasteiger partial charge in [-0.25, -0.2) is 13.2 Å². The number of carbonyl (C=O) groups is 1. The van der Waals surface area contributed by atoms with Crippen molar-refractivity contribution in [3.63, 3.8) is 0 Å². The molecule has 31 heavy (non-hydrogen) atoms. The van der Waals surface area contributed by atoms with Gasteiger partial charge in [0.15, 0.2) is 17.5 Å². The van der Waals surface area contributed by atoms with E-state index in [9.17, 15) is 23.1 Å². The molecule has 0 aliphatic heterocycles. The van der Waals surface area contributed by atoms with Gasteiger partial charge in [0.25, 0.3) is 0 Å². The normalized spacial score (nSPS) is 12.6. The average molecular weight is 436 g/mol. The number of anilines is 1. The summed E-state index contributed by atoms with van der Waals surface area (Å²) in [6, 6.07) is 7.53. The molecular weight excluding hydrogens is 403 g/mol. The fraction of sp³-hybridized carbons (Fsp3) is 0.480. The summed E-state index contributed by atoms with van der Waals surface area (Å²) in [5, 5.41) is 12.4. The van der Waals surface area contributed by atoms with Crippen molar-refractivity contribution in [2.24, 2.45) is 0 Å². The second-order valence-electron chi connectivity index (χ2n) is 9.00. The molecule has 0 heterocycles. The van der Waals surface area contributed by atoms with Crippen LogP contribution in [0.3, 0.4) is 0 Å². The summed E-state index contributed by atoms with van der Waals surface area (Å²) < 4.78 is 41.7. The number of hydrogen-bond acceptors (Lipinski definition) is 2. The summed E-state index contributed by atoms with van der Waals surface area (Å²) in [4.78, 5) is 12.9. The highest BCUT2D eigenvalue weighted by Gasteiger charge is 2.25. The van der Waals surface area contributed by atoms with Gasteiger partial charge in [0.1, 0.15) is 0 Å². The number of aliphatic hydroxyl groups excluding tert-OH is 1. The highest BCUT2D eigenvalue weighted by Crippen LogP contribution is 2.33. The van der Waals surface area contributed by atoms with Gasteiger partial charge in [0.05, 0.1) is 6.61 Å². The van der Waals surface area contributed by atoms with Crippen LogP contribution in [0.2, 0.25) is 0 Å². The number of unbranched alkanes of at least 4 members (excludes halogenated alkanes) is 2.